The molecule has 2 N–H and O–H groups in total. The summed E-state index contributed by atoms with van der Waals surface area (Å²) in [6.07, 6.45) is -5.08. The molecule has 0 bridgehead atoms. The van der Waals surface area contributed by atoms with Crippen molar-refractivity contribution in [2.24, 2.45) is 0 Å². The summed E-state index contributed by atoms with van der Waals surface area (Å²) in [5.41, 5.74) is 0.990. The van der Waals surface area contributed by atoms with E-state index in [0.29, 0.717) is 31.2 Å². The lowest BCUT2D eigenvalue weighted by Crippen LogP contribution is -2.48. The average Bonchev–Trinajstić information content (AvgIpc) is 2.87. The second-order valence-corrected chi connectivity index (χ2v) is 12.9. The Morgan fingerprint density at radius 3 is 2.08 bits per heavy atom. The molecule has 9 nitrogen and oxygen atoms in total. The minimum atomic E-state index is -5.08. The highest BCUT2D eigenvalue weighted by Crippen LogP contribution is 2.23. The Hall–Kier alpha value is -2.23. The van der Waals surface area contributed by atoms with Gasteiger partial charge in [0, 0.05) is 44.3 Å². The van der Waals surface area contributed by atoms with E-state index in [1.54, 1.807) is 0 Å². The van der Waals surface area contributed by atoms with Crippen LogP contribution in [0, 0.1) is 0 Å². The number of alkyl halides is 3. The highest BCUT2D eigenvalue weighted by molar-refractivity contribution is 7.90. The lowest BCUT2D eigenvalue weighted by atomic mass is 10.0. The molecule has 1 saturated heterocycles. The van der Waals surface area contributed by atoms with Gasteiger partial charge in [-0.05, 0) is 35.7 Å². The number of hydrogen-bond donors (Lipinski definition) is 2. The van der Waals surface area contributed by atoms with Crippen LogP contribution >= 0.6 is 11.6 Å². The molecule has 0 saturated carbocycles. The Morgan fingerprint density at radius 2 is 1.58 bits per heavy atom. The van der Waals surface area contributed by atoms with Crippen LogP contribution in [0.3, 0.4) is 0 Å². The monoisotopic (exact) mass is 599 g/mol. The fourth-order valence-electron chi connectivity index (χ4n) is 3.53. The van der Waals surface area contributed by atoms with Crippen LogP contribution in [0.1, 0.15) is 18.4 Å². The fraction of sp³-hybridized carbons (Fsp3) is 0.435. The van der Waals surface area contributed by atoms with E-state index in [1.165, 1.54) is 32.9 Å². The third-order valence-electron chi connectivity index (χ3n) is 5.61. The normalized spacial score (nSPS) is 15.9. The van der Waals surface area contributed by atoms with Crippen molar-refractivity contribution in [1.29, 1.82) is 0 Å². The van der Waals surface area contributed by atoms with E-state index < -0.39 is 32.2 Å². The van der Waals surface area contributed by atoms with Crippen LogP contribution < -0.4 is 5.32 Å². The van der Waals surface area contributed by atoms with Crippen molar-refractivity contribution < 1.29 is 39.9 Å². The van der Waals surface area contributed by atoms with Gasteiger partial charge in [-0.25, -0.2) is 21.6 Å². The van der Waals surface area contributed by atoms with Crippen molar-refractivity contribution in [2.75, 3.05) is 45.0 Å². The van der Waals surface area contributed by atoms with Gasteiger partial charge in [0.15, 0.2) is 0 Å². The van der Waals surface area contributed by atoms with Gasteiger partial charge in [-0.15, -0.1) is 0 Å². The summed E-state index contributed by atoms with van der Waals surface area (Å²) in [6, 6.07) is 15.5. The van der Waals surface area contributed by atoms with Gasteiger partial charge < -0.3 is 10.4 Å². The molecule has 212 valence electrons. The molecule has 3 rings (SSSR count). The molecule has 0 spiro atoms. The standard InChI is InChI=1S/C21H28ClN3O4S2.C2HF3O2/c1-18(19-5-3-2-4-6-19)17-25(31(28,29)21-9-7-20(22)8-10-21)15-16-30(26,27)24-13-11-23-12-14-24;3-2(4,5)1(6)7/h2-10,18,23H,11-17H2,1H3;(H,6,7). The Labute approximate surface area is 225 Å². The van der Waals surface area contributed by atoms with Crippen molar-refractivity contribution in [3.8, 4) is 0 Å². The molecular formula is C23H29ClF3N3O6S2. The van der Waals surface area contributed by atoms with Gasteiger partial charge in [-0.2, -0.15) is 21.8 Å². The number of carboxylic acid groups (broad SMARTS) is 1. The van der Waals surface area contributed by atoms with E-state index in [2.05, 4.69) is 5.32 Å². The van der Waals surface area contributed by atoms with Crippen LogP contribution in [0.5, 0.6) is 0 Å². The maximum Gasteiger partial charge on any atom is 0.490 e. The number of nitrogens with one attached hydrogen (secondary N) is 1. The zero-order valence-corrected chi connectivity index (χ0v) is 22.8. The lowest BCUT2D eigenvalue weighted by Gasteiger charge is -2.29. The van der Waals surface area contributed by atoms with Gasteiger partial charge in [-0.3, -0.25) is 0 Å². The summed E-state index contributed by atoms with van der Waals surface area (Å²) in [7, 11) is -7.46. The van der Waals surface area contributed by atoms with E-state index in [0.717, 1.165) is 5.56 Å². The van der Waals surface area contributed by atoms with Crippen LogP contribution in [0.15, 0.2) is 59.5 Å². The molecule has 1 atom stereocenters. The first kappa shape index (κ1) is 32.0. The quantitative estimate of drug-likeness (QED) is 0.454. The fourth-order valence-corrected chi connectivity index (χ4v) is 6.75. The van der Waals surface area contributed by atoms with Gasteiger partial charge in [-0.1, -0.05) is 48.9 Å². The minimum Gasteiger partial charge on any atom is -0.475 e. The molecule has 1 aliphatic rings. The van der Waals surface area contributed by atoms with Gasteiger partial charge >= 0.3 is 12.1 Å². The number of piperazine rings is 1. The van der Waals surface area contributed by atoms with E-state index in [9.17, 15) is 30.0 Å². The van der Waals surface area contributed by atoms with Crippen molar-refractivity contribution >= 4 is 37.6 Å². The van der Waals surface area contributed by atoms with Crippen LogP contribution in [0.4, 0.5) is 13.2 Å². The smallest absolute Gasteiger partial charge is 0.475 e. The summed E-state index contributed by atoms with van der Waals surface area (Å²) in [5.74, 6) is -3.13. The number of benzene rings is 2. The molecule has 0 aliphatic carbocycles. The highest BCUT2D eigenvalue weighted by Gasteiger charge is 2.38. The second-order valence-electron chi connectivity index (χ2n) is 8.40. The molecule has 15 heteroatoms. The first-order valence-corrected chi connectivity index (χ1v) is 14.9. The predicted octanol–water partition coefficient (Wildman–Crippen LogP) is 3.00. The minimum absolute atomic E-state index is 0.0942. The van der Waals surface area contributed by atoms with Crippen molar-refractivity contribution in [2.45, 2.75) is 23.9 Å². The van der Waals surface area contributed by atoms with E-state index >= 15 is 0 Å². The second kappa shape index (κ2) is 13.7. The first-order chi connectivity index (χ1) is 17.6. The predicted molar refractivity (Wildman–Crippen MR) is 137 cm³/mol. The van der Waals surface area contributed by atoms with E-state index in [4.69, 9.17) is 21.5 Å². The number of halogens is 4. The SMILES string of the molecule is CC(CN(CCS(=O)(=O)N1CCNCC1)S(=O)(=O)c1ccc(Cl)cc1)c1ccccc1.O=C(O)C(F)(F)F. The Morgan fingerprint density at radius 1 is 1.05 bits per heavy atom. The molecule has 0 aromatic heterocycles. The molecule has 38 heavy (non-hydrogen) atoms. The third-order valence-corrected chi connectivity index (χ3v) is 9.59. The topological polar surface area (TPSA) is 124 Å². The number of nitrogens with zero attached hydrogens (tertiary/aromatic N) is 2. The summed E-state index contributed by atoms with van der Waals surface area (Å²) >= 11 is 5.91. The number of carboxylic acids is 1. The zero-order valence-electron chi connectivity index (χ0n) is 20.4. The number of rotatable bonds is 9. The number of aliphatic carboxylic acids is 1. The van der Waals surface area contributed by atoms with Crippen LogP contribution in [0.25, 0.3) is 0 Å². The van der Waals surface area contributed by atoms with Gasteiger partial charge in [0.1, 0.15) is 0 Å². The average molecular weight is 600 g/mol. The Bertz CT molecular complexity index is 1260. The molecule has 1 unspecified atom stereocenters. The Balaban J connectivity index is 0.000000638. The molecule has 2 aromatic carbocycles. The van der Waals surface area contributed by atoms with Gasteiger partial charge in [0.25, 0.3) is 0 Å². The van der Waals surface area contributed by atoms with Gasteiger partial charge in [0.2, 0.25) is 20.0 Å². The van der Waals surface area contributed by atoms with Crippen LogP contribution in [-0.2, 0) is 24.8 Å². The van der Waals surface area contributed by atoms with E-state index in [-0.39, 0.29) is 29.7 Å². The van der Waals surface area contributed by atoms with E-state index in [1.807, 2.05) is 37.3 Å². The largest absolute Gasteiger partial charge is 0.490 e. The third kappa shape index (κ3) is 9.50. The summed E-state index contributed by atoms with van der Waals surface area (Å²) in [5, 5.41) is 10.7. The molecule has 2 aromatic rings. The lowest BCUT2D eigenvalue weighted by molar-refractivity contribution is -0.192. The molecule has 1 heterocycles. The summed E-state index contributed by atoms with van der Waals surface area (Å²) in [4.78, 5) is 8.99. The van der Waals surface area contributed by atoms with Crippen LogP contribution in [0.2, 0.25) is 5.02 Å². The van der Waals surface area contributed by atoms with Crippen molar-refractivity contribution in [3.05, 3.63) is 65.2 Å². The molecule has 1 fully saturated rings. The van der Waals surface area contributed by atoms with Crippen molar-refractivity contribution in [1.82, 2.24) is 13.9 Å². The maximum atomic E-state index is 13.4. The molecule has 0 radical (unpaired) electrons. The highest BCUT2D eigenvalue weighted by atomic mass is 35.5. The van der Waals surface area contributed by atoms with Crippen molar-refractivity contribution in [3.63, 3.8) is 0 Å². The summed E-state index contributed by atoms with van der Waals surface area (Å²) in [6.45, 7) is 3.97. The molecular weight excluding hydrogens is 571 g/mol. The van der Waals surface area contributed by atoms with Gasteiger partial charge in [0.05, 0.1) is 10.6 Å². The summed E-state index contributed by atoms with van der Waals surface area (Å²) < 4.78 is 86.8. The van der Waals surface area contributed by atoms with Crippen LogP contribution in [-0.4, -0.2) is 87.7 Å². The Kier molecular flexibility index (Phi) is 11.5. The zero-order chi connectivity index (χ0) is 28.6. The molecule has 1 aliphatic heterocycles. The first-order valence-electron chi connectivity index (χ1n) is 11.4. The number of sulfonamides is 2. The number of carbonyl (C=O) groups is 1. The number of hydrogen-bond acceptors (Lipinski definition) is 6. The molecule has 0 amide bonds. The maximum absolute atomic E-state index is 13.4.